The molecular weight excluding hydrogens is 584 g/mol. The molecule has 3 aromatic rings. The predicted molar refractivity (Wildman–Crippen MR) is 179 cm³/mol. The Hall–Kier alpha value is -3.38. The van der Waals surface area contributed by atoms with Crippen LogP contribution in [0.15, 0.2) is 84.9 Å². The maximum Gasteiger partial charge on any atom is 0.119 e. The van der Waals surface area contributed by atoms with Crippen molar-refractivity contribution in [3.05, 3.63) is 84.9 Å². The molecule has 250 valence electrons. The highest BCUT2D eigenvalue weighted by molar-refractivity contribution is 5.31. The molecular formula is C36H50N4O6. The van der Waals surface area contributed by atoms with Crippen LogP contribution in [0.25, 0.3) is 0 Å². The van der Waals surface area contributed by atoms with E-state index < -0.39 is 12.2 Å². The van der Waals surface area contributed by atoms with Gasteiger partial charge in [-0.15, -0.1) is 0 Å². The number of hydrogen-bond acceptors (Lipinski definition) is 10. The molecule has 2 heterocycles. The summed E-state index contributed by atoms with van der Waals surface area (Å²) in [6.07, 6.45) is -1.13. The molecule has 0 aromatic heterocycles. The number of hydrogen-bond donors (Lipinski definition) is 2. The monoisotopic (exact) mass is 634 g/mol. The molecule has 0 aliphatic carbocycles. The van der Waals surface area contributed by atoms with Crippen LogP contribution in [0.1, 0.15) is 0 Å². The van der Waals surface area contributed by atoms with Gasteiger partial charge in [0, 0.05) is 78.5 Å². The lowest BCUT2D eigenvalue weighted by molar-refractivity contribution is 0.0428. The third-order valence-corrected chi connectivity index (χ3v) is 8.42. The first kappa shape index (κ1) is 34.0. The van der Waals surface area contributed by atoms with E-state index in [0.717, 1.165) is 76.9 Å². The molecule has 0 unspecified atom stereocenters. The van der Waals surface area contributed by atoms with Crippen molar-refractivity contribution in [2.45, 2.75) is 12.2 Å². The fourth-order valence-electron chi connectivity index (χ4n) is 5.73. The van der Waals surface area contributed by atoms with Gasteiger partial charge in [-0.05, 0) is 48.5 Å². The van der Waals surface area contributed by atoms with Gasteiger partial charge in [-0.25, -0.2) is 0 Å². The lowest BCUT2D eigenvalue weighted by Gasteiger charge is -2.35. The van der Waals surface area contributed by atoms with Crippen LogP contribution in [0, 0.1) is 0 Å². The summed E-state index contributed by atoms with van der Waals surface area (Å²) >= 11 is 0. The predicted octanol–water partition coefficient (Wildman–Crippen LogP) is 2.56. The number of aliphatic hydroxyl groups excluding tert-OH is 2. The number of nitrogens with zero attached hydrogens (tertiary/aromatic N) is 4. The van der Waals surface area contributed by atoms with Crippen LogP contribution < -0.4 is 18.9 Å². The molecule has 5 rings (SSSR count). The number of benzene rings is 3. The van der Waals surface area contributed by atoms with Crippen molar-refractivity contribution in [1.82, 2.24) is 19.6 Å². The van der Waals surface area contributed by atoms with Gasteiger partial charge in [0.15, 0.2) is 0 Å². The molecule has 0 spiro atoms. The number of β-amino-alcohol motifs (C(OH)–C–C–N with tert-alkyl or cyclic N) is 2. The lowest BCUT2D eigenvalue weighted by atomic mass is 10.2. The summed E-state index contributed by atoms with van der Waals surface area (Å²) in [5.74, 6) is 3.18. The van der Waals surface area contributed by atoms with Gasteiger partial charge in [-0.3, -0.25) is 19.6 Å². The van der Waals surface area contributed by atoms with Crippen molar-refractivity contribution in [2.75, 3.05) is 105 Å². The Morgan fingerprint density at radius 3 is 1.13 bits per heavy atom. The summed E-state index contributed by atoms with van der Waals surface area (Å²) in [5, 5.41) is 21.1. The second-order valence-corrected chi connectivity index (χ2v) is 12.0. The van der Waals surface area contributed by atoms with Crippen LogP contribution in [-0.4, -0.2) is 147 Å². The zero-order valence-electron chi connectivity index (χ0n) is 26.9. The summed E-state index contributed by atoms with van der Waals surface area (Å²) in [6, 6.07) is 27.2. The van der Waals surface area contributed by atoms with Crippen molar-refractivity contribution in [3.63, 3.8) is 0 Å². The van der Waals surface area contributed by atoms with Gasteiger partial charge in [0.05, 0.1) is 0 Å². The highest BCUT2D eigenvalue weighted by Crippen LogP contribution is 2.18. The highest BCUT2D eigenvalue weighted by Gasteiger charge is 2.21. The van der Waals surface area contributed by atoms with Gasteiger partial charge in [0.2, 0.25) is 0 Å². The Labute approximate surface area is 273 Å². The number of piperazine rings is 2. The molecule has 2 atom stereocenters. The molecule has 2 N–H and O–H groups in total. The lowest BCUT2D eigenvalue weighted by Crippen LogP contribution is -2.50. The standard InChI is InChI=1S/C36H50N4O6/c41-31(27-39-19-15-37(16-20-39)23-25-43-33-7-3-1-4-8-33)29-45-35-11-13-36(14-12-35)46-30-32(42)28-40-21-17-38(18-22-40)24-26-44-34-9-5-2-6-10-34/h1-14,31-32,41-42H,15-30H2/t31-,32-/m1/s1. The summed E-state index contributed by atoms with van der Waals surface area (Å²) in [5.41, 5.74) is 0. The molecule has 0 radical (unpaired) electrons. The van der Waals surface area contributed by atoms with E-state index >= 15 is 0 Å². The number of para-hydroxylation sites is 2. The summed E-state index contributed by atoms with van der Waals surface area (Å²) in [7, 11) is 0. The summed E-state index contributed by atoms with van der Waals surface area (Å²) in [6.45, 7) is 12.3. The molecule has 10 nitrogen and oxygen atoms in total. The minimum absolute atomic E-state index is 0.233. The van der Waals surface area contributed by atoms with Crippen molar-refractivity contribution >= 4 is 0 Å². The Morgan fingerprint density at radius 1 is 0.435 bits per heavy atom. The second-order valence-electron chi connectivity index (χ2n) is 12.0. The highest BCUT2D eigenvalue weighted by atomic mass is 16.5. The van der Waals surface area contributed by atoms with Crippen LogP contribution in [0.4, 0.5) is 0 Å². The molecule has 10 heteroatoms. The van der Waals surface area contributed by atoms with E-state index in [2.05, 4.69) is 19.6 Å². The van der Waals surface area contributed by atoms with E-state index in [-0.39, 0.29) is 13.2 Å². The zero-order chi connectivity index (χ0) is 31.8. The Bertz CT molecular complexity index is 1130. The van der Waals surface area contributed by atoms with Crippen LogP contribution >= 0.6 is 0 Å². The summed E-state index contributed by atoms with van der Waals surface area (Å²) in [4.78, 5) is 9.37. The fourth-order valence-corrected chi connectivity index (χ4v) is 5.73. The van der Waals surface area contributed by atoms with Gasteiger partial charge in [0.25, 0.3) is 0 Å². The molecule has 2 fully saturated rings. The maximum atomic E-state index is 10.6. The van der Waals surface area contributed by atoms with Crippen molar-refractivity contribution in [2.24, 2.45) is 0 Å². The molecule has 46 heavy (non-hydrogen) atoms. The van der Waals surface area contributed by atoms with E-state index in [4.69, 9.17) is 18.9 Å². The van der Waals surface area contributed by atoms with E-state index in [0.29, 0.717) is 37.8 Å². The van der Waals surface area contributed by atoms with Gasteiger partial charge in [-0.1, -0.05) is 36.4 Å². The third kappa shape index (κ3) is 12.1. The number of aliphatic hydroxyl groups is 2. The van der Waals surface area contributed by atoms with E-state index in [1.165, 1.54) is 0 Å². The number of rotatable bonds is 18. The maximum absolute atomic E-state index is 10.6. The topological polar surface area (TPSA) is 90.3 Å². The minimum atomic E-state index is -0.566. The quantitative estimate of drug-likeness (QED) is 0.218. The fraction of sp³-hybridized carbons (Fsp3) is 0.500. The van der Waals surface area contributed by atoms with Crippen LogP contribution in [0.5, 0.6) is 23.0 Å². The molecule has 0 saturated carbocycles. The first-order chi connectivity index (χ1) is 22.6. The average Bonchev–Trinajstić information content (AvgIpc) is 3.09. The van der Waals surface area contributed by atoms with Crippen molar-refractivity contribution in [1.29, 1.82) is 0 Å². The number of ether oxygens (including phenoxy) is 4. The van der Waals surface area contributed by atoms with E-state index in [1.54, 1.807) is 0 Å². The second kappa shape index (κ2) is 18.7. The van der Waals surface area contributed by atoms with Gasteiger partial charge < -0.3 is 29.2 Å². The minimum Gasteiger partial charge on any atom is -0.492 e. The third-order valence-electron chi connectivity index (χ3n) is 8.42. The van der Waals surface area contributed by atoms with Crippen molar-refractivity contribution < 1.29 is 29.2 Å². The molecule has 2 aliphatic rings. The van der Waals surface area contributed by atoms with E-state index in [1.807, 2.05) is 84.9 Å². The Balaban J connectivity index is 0.886. The smallest absolute Gasteiger partial charge is 0.119 e. The molecule has 2 saturated heterocycles. The van der Waals surface area contributed by atoms with E-state index in [9.17, 15) is 10.2 Å². The van der Waals surface area contributed by atoms with Crippen LogP contribution in [-0.2, 0) is 0 Å². The van der Waals surface area contributed by atoms with Gasteiger partial charge in [-0.2, -0.15) is 0 Å². The first-order valence-electron chi connectivity index (χ1n) is 16.6. The molecule has 2 aliphatic heterocycles. The van der Waals surface area contributed by atoms with Crippen LogP contribution in [0.2, 0.25) is 0 Å². The van der Waals surface area contributed by atoms with Crippen molar-refractivity contribution in [3.8, 4) is 23.0 Å². The average molecular weight is 635 g/mol. The molecule has 0 amide bonds. The van der Waals surface area contributed by atoms with Gasteiger partial charge in [0.1, 0.15) is 61.6 Å². The molecule has 0 bridgehead atoms. The zero-order valence-corrected chi connectivity index (χ0v) is 26.9. The molecule has 3 aromatic carbocycles. The summed E-state index contributed by atoms with van der Waals surface area (Å²) < 4.78 is 23.3. The first-order valence-corrected chi connectivity index (χ1v) is 16.6. The van der Waals surface area contributed by atoms with Crippen LogP contribution in [0.3, 0.4) is 0 Å². The Morgan fingerprint density at radius 2 is 0.761 bits per heavy atom. The SMILES string of the molecule is O[C@@H](COc1ccc(OC[C@H](O)CN2CCN(CCOc3ccccc3)CC2)cc1)CN1CCN(CCOc2ccccc2)CC1. The Kier molecular flexibility index (Phi) is 13.8. The van der Waals surface area contributed by atoms with Gasteiger partial charge >= 0.3 is 0 Å². The largest absolute Gasteiger partial charge is 0.492 e. The normalized spacial score (nSPS) is 18.1.